The van der Waals surface area contributed by atoms with E-state index in [4.69, 9.17) is 52.2 Å². The van der Waals surface area contributed by atoms with Gasteiger partial charge in [0.25, 0.3) is 5.91 Å². The molecule has 0 aliphatic carbocycles. The minimum absolute atomic E-state index is 0.362. The number of nitrogens with zero attached hydrogens (tertiary/aromatic N) is 3. The summed E-state index contributed by atoms with van der Waals surface area (Å²) in [4.78, 5) is 18.6. The number of hydrogen-bond acceptors (Lipinski definition) is 8. The second kappa shape index (κ2) is 11.6. The van der Waals surface area contributed by atoms with Crippen LogP contribution in [0.25, 0.3) is 11.4 Å². The first-order valence-electron chi connectivity index (χ1n) is 12.4. The minimum Gasteiger partial charge on any atom is -0.495 e. The quantitative estimate of drug-likeness (QED) is 0.247. The topological polar surface area (TPSA) is 109 Å². The molecule has 0 saturated heterocycles. The Morgan fingerprint density at radius 2 is 1.61 bits per heavy atom. The second-order valence-corrected chi connectivity index (χ2v) is 9.85. The lowest BCUT2D eigenvalue weighted by Gasteiger charge is -2.29. The number of hydrogen-bond donors (Lipinski definition) is 2. The van der Waals surface area contributed by atoms with Gasteiger partial charge in [-0.3, -0.25) is 4.79 Å². The fourth-order valence-electron chi connectivity index (χ4n) is 4.73. The number of carbonyl (C=O) groups is 1. The standard InChI is InChI=1S/C29H27Cl2N5O5/c1-15-24(28(37)33-20-8-6-7-9-21(20)38-2)25(18-11-10-17(30)14-19(18)31)36-29(32-15)34-27(35-36)16-12-22(39-3)26(41-5)23(13-16)40-4/h6-14,25H,1-5H3,(H,33,37)(H,32,34,35). The van der Waals surface area contributed by atoms with E-state index in [1.807, 2.05) is 12.1 Å². The van der Waals surface area contributed by atoms with E-state index in [2.05, 4.69) is 10.6 Å². The molecule has 12 heteroatoms. The van der Waals surface area contributed by atoms with E-state index in [1.165, 1.54) is 21.3 Å². The van der Waals surface area contributed by atoms with Gasteiger partial charge in [-0.05, 0) is 43.3 Å². The van der Waals surface area contributed by atoms with Crippen molar-refractivity contribution in [1.82, 2.24) is 14.8 Å². The van der Waals surface area contributed by atoms with Crippen LogP contribution < -0.4 is 29.6 Å². The van der Waals surface area contributed by atoms with Gasteiger partial charge < -0.3 is 29.6 Å². The number of carbonyl (C=O) groups excluding carboxylic acids is 1. The molecule has 1 unspecified atom stereocenters. The third-order valence-corrected chi connectivity index (χ3v) is 7.19. The molecular weight excluding hydrogens is 569 g/mol. The highest BCUT2D eigenvalue weighted by Crippen LogP contribution is 2.43. The third kappa shape index (κ3) is 5.23. The highest BCUT2D eigenvalue weighted by molar-refractivity contribution is 6.35. The summed E-state index contributed by atoms with van der Waals surface area (Å²) in [7, 11) is 6.14. The summed E-state index contributed by atoms with van der Waals surface area (Å²) in [5.74, 6) is 2.27. The van der Waals surface area contributed by atoms with E-state index in [9.17, 15) is 4.79 Å². The zero-order chi connectivity index (χ0) is 29.3. The Balaban J connectivity index is 1.64. The van der Waals surface area contributed by atoms with Crippen LogP contribution in [0.15, 0.2) is 65.9 Å². The number of para-hydroxylation sites is 2. The first-order chi connectivity index (χ1) is 19.8. The number of anilines is 2. The maximum Gasteiger partial charge on any atom is 0.255 e. The number of ether oxygens (including phenoxy) is 4. The van der Waals surface area contributed by atoms with Crippen LogP contribution in [0.5, 0.6) is 23.0 Å². The number of halogens is 2. The number of methoxy groups -OCH3 is 4. The van der Waals surface area contributed by atoms with Gasteiger partial charge in [-0.2, -0.15) is 4.98 Å². The summed E-state index contributed by atoms with van der Waals surface area (Å²) in [5.41, 5.74) is 2.70. The Hall–Kier alpha value is -4.41. The molecule has 0 radical (unpaired) electrons. The number of fused-ring (bicyclic) bond motifs is 1. The molecule has 4 aromatic rings. The number of allylic oxidation sites excluding steroid dienone is 1. The summed E-state index contributed by atoms with van der Waals surface area (Å²) in [6.45, 7) is 1.80. The predicted molar refractivity (Wildman–Crippen MR) is 158 cm³/mol. The molecule has 212 valence electrons. The fourth-order valence-corrected chi connectivity index (χ4v) is 5.24. The molecule has 2 N–H and O–H groups in total. The number of rotatable bonds is 8. The molecule has 0 bridgehead atoms. The lowest BCUT2D eigenvalue weighted by Crippen LogP contribution is -2.31. The smallest absolute Gasteiger partial charge is 0.255 e. The Morgan fingerprint density at radius 1 is 0.927 bits per heavy atom. The molecule has 1 aliphatic rings. The summed E-state index contributed by atoms with van der Waals surface area (Å²) >= 11 is 12.9. The lowest BCUT2D eigenvalue weighted by atomic mass is 9.95. The average Bonchev–Trinajstić information content (AvgIpc) is 3.39. The van der Waals surface area contributed by atoms with E-state index in [1.54, 1.807) is 61.2 Å². The Bertz CT molecular complexity index is 1640. The van der Waals surface area contributed by atoms with Crippen molar-refractivity contribution in [3.05, 3.63) is 81.5 Å². The lowest BCUT2D eigenvalue weighted by molar-refractivity contribution is -0.113. The maximum atomic E-state index is 13.9. The van der Waals surface area contributed by atoms with E-state index < -0.39 is 6.04 Å². The molecule has 0 fully saturated rings. The Labute approximate surface area is 246 Å². The van der Waals surface area contributed by atoms with Crippen LogP contribution in [0.4, 0.5) is 11.6 Å². The van der Waals surface area contributed by atoms with Crippen molar-refractivity contribution < 1.29 is 23.7 Å². The van der Waals surface area contributed by atoms with Gasteiger partial charge in [0.1, 0.15) is 11.8 Å². The predicted octanol–water partition coefficient (Wildman–Crippen LogP) is 6.21. The second-order valence-electron chi connectivity index (χ2n) is 9.00. The van der Waals surface area contributed by atoms with Crippen LogP contribution in [-0.4, -0.2) is 49.1 Å². The molecular formula is C29H27Cl2N5O5. The molecule has 10 nitrogen and oxygen atoms in total. The number of nitrogens with one attached hydrogen (secondary N) is 2. The average molecular weight is 596 g/mol. The van der Waals surface area contributed by atoms with Crippen molar-refractivity contribution in [3.8, 4) is 34.4 Å². The van der Waals surface area contributed by atoms with E-state index in [0.29, 0.717) is 72.9 Å². The van der Waals surface area contributed by atoms with Crippen LogP contribution in [-0.2, 0) is 4.79 Å². The van der Waals surface area contributed by atoms with E-state index in [0.717, 1.165) is 0 Å². The van der Waals surface area contributed by atoms with Crippen molar-refractivity contribution in [2.45, 2.75) is 13.0 Å². The van der Waals surface area contributed by atoms with Gasteiger partial charge in [-0.1, -0.05) is 41.4 Å². The molecule has 0 spiro atoms. The minimum atomic E-state index is -0.742. The molecule has 1 aromatic heterocycles. The zero-order valence-corrected chi connectivity index (χ0v) is 24.4. The van der Waals surface area contributed by atoms with Gasteiger partial charge in [-0.25, -0.2) is 4.68 Å². The fraction of sp³-hybridized carbons (Fsp3) is 0.207. The maximum absolute atomic E-state index is 13.9. The van der Waals surface area contributed by atoms with Gasteiger partial charge in [0.15, 0.2) is 17.3 Å². The summed E-state index contributed by atoms with van der Waals surface area (Å²) < 4.78 is 23.5. The number of aromatic nitrogens is 3. The number of benzene rings is 3. The first kappa shape index (κ1) is 28.1. The zero-order valence-electron chi connectivity index (χ0n) is 22.9. The van der Waals surface area contributed by atoms with E-state index in [-0.39, 0.29) is 5.91 Å². The van der Waals surface area contributed by atoms with Crippen LogP contribution in [0, 0.1) is 0 Å². The molecule has 1 amide bonds. The van der Waals surface area contributed by atoms with Gasteiger partial charge in [0.2, 0.25) is 11.7 Å². The molecule has 0 saturated carbocycles. The van der Waals surface area contributed by atoms with Crippen LogP contribution >= 0.6 is 23.2 Å². The largest absolute Gasteiger partial charge is 0.495 e. The van der Waals surface area contributed by atoms with Crippen molar-refractivity contribution in [3.63, 3.8) is 0 Å². The van der Waals surface area contributed by atoms with Crippen molar-refractivity contribution >= 4 is 40.7 Å². The molecule has 1 atom stereocenters. The van der Waals surface area contributed by atoms with Gasteiger partial charge >= 0.3 is 0 Å². The van der Waals surface area contributed by atoms with Crippen LogP contribution in [0.2, 0.25) is 10.0 Å². The first-order valence-corrected chi connectivity index (χ1v) is 13.2. The molecule has 41 heavy (non-hydrogen) atoms. The van der Waals surface area contributed by atoms with E-state index >= 15 is 0 Å². The summed E-state index contributed by atoms with van der Waals surface area (Å²) in [6, 6.07) is 15.0. The third-order valence-electron chi connectivity index (χ3n) is 6.63. The molecule has 3 aromatic carbocycles. The summed E-state index contributed by atoms with van der Waals surface area (Å²) in [5, 5.41) is 11.8. The molecule has 1 aliphatic heterocycles. The number of amides is 1. The van der Waals surface area contributed by atoms with Crippen LogP contribution in [0.1, 0.15) is 18.5 Å². The van der Waals surface area contributed by atoms with Crippen molar-refractivity contribution in [2.75, 3.05) is 39.1 Å². The Kier molecular flexibility index (Phi) is 7.96. The normalized spacial score (nSPS) is 14.2. The van der Waals surface area contributed by atoms with Crippen molar-refractivity contribution in [1.29, 1.82) is 0 Å². The Morgan fingerprint density at radius 3 is 2.24 bits per heavy atom. The van der Waals surface area contributed by atoms with Gasteiger partial charge in [-0.15, -0.1) is 5.10 Å². The monoisotopic (exact) mass is 595 g/mol. The summed E-state index contributed by atoms with van der Waals surface area (Å²) in [6.07, 6.45) is 0. The van der Waals surface area contributed by atoms with Crippen molar-refractivity contribution in [2.24, 2.45) is 0 Å². The van der Waals surface area contributed by atoms with Crippen LogP contribution in [0.3, 0.4) is 0 Å². The molecule has 5 rings (SSSR count). The highest BCUT2D eigenvalue weighted by Gasteiger charge is 2.36. The molecule has 2 heterocycles. The SMILES string of the molecule is COc1ccccc1NC(=O)C1=C(C)Nc2nc(-c3cc(OC)c(OC)c(OC)c3)nn2C1c1ccc(Cl)cc1Cl. The van der Waals surface area contributed by atoms with Gasteiger partial charge in [0.05, 0.1) is 39.7 Å². The van der Waals surface area contributed by atoms with Gasteiger partial charge in [0, 0.05) is 26.9 Å². The highest BCUT2D eigenvalue weighted by atomic mass is 35.5.